The quantitative estimate of drug-likeness (QED) is 0.877. The first-order chi connectivity index (χ1) is 12.1. The van der Waals surface area contributed by atoms with Gasteiger partial charge in [-0.25, -0.2) is 0 Å². The van der Waals surface area contributed by atoms with Gasteiger partial charge in [-0.05, 0) is 67.6 Å². The zero-order valence-electron chi connectivity index (χ0n) is 14.8. The standard InChI is InChI=1S/C22H26ClNO/c1-16-13-19(23)7-8-20(16)22(25,14-17-5-3-2-4-6-17)21-15-24-11-9-18(21)10-12-24/h2-8,13,18,21,25H,9-12,14-15H2,1H3. The molecular weight excluding hydrogens is 330 g/mol. The van der Waals surface area contributed by atoms with Crippen LogP contribution in [-0.2, 0) is 12.0 Å². The Hall–Kier alpha value is -1.35. The third-order valence-electron chi connectivity index (χ3n) is 6.24. The highest BCUT2D eigenvalue weighted by Gasteiger charge is 2.48. The number of rotatable bonds is 4. The number of benzene rings is 2. The molecule has 2 unspecified atom stereocenters. The molecule has 0 aromatic heterocycles. The van der Waals surface area contributed by atoms with Gasteiger partial charge in [0.05, 0.1) is 5.60 Å². The average Bonchev–Trinajstić information content (AvgIpc) is 2.63. The molecule has 1 N–H and O–H groups in total. The van der Waals surface area contributed by atoms with Crippen LogP contribution < -0.4 is 0 Å². The van der Waals surface area contributed by atoms with Gasteiger partial charge in [-0.3, -0.25) is 0 Å². The smallest absolute Gasteiger partial charge is 0.0982 e. The first-order valence-electron chi connectivity index (χ1n) is 9.31. The molecule has 2 atom stereocenters. The van der Waals surface area contributed by atoms with E-state index in [9.17, 15) is 5.11 Å². The van der Waals surface area contributed by atoms with E-state index in [1.807, 2.05) is 24.3 Å². The molecule has 2 bridgehead atoms. The summed E-state index contributed by atoms with van der Waals surface area (Å²) < 4.78 is 0. The minimum atomic E-state index is -0.847. The molecule has 3 heteroatoms. The van der Waals surface area contributed by atoms with Crippen LogP contribution >= 0.6 is 11.6 Å². The Labute approximate surface area is 155 Å². The monoisotopic (exact) mass is 355 g/mol. The highest BCUT2D eigenvalue weighted by Crippen LogP contribution is 2.46. The first-order valence-corrected chi connectivity index (χ1v) is 9.69. The summed E-state index contributed by atoms with van der Waals surface area (Å²) in [6.07, 6.45) is 3.06. The molecule has 3 heterocycles. The van der Waals surface area contributed by atoms with Crippen molar-refractivity contribution in [2.75, 3.05) is 19.6 Å². The number of halogens is 1. The van der Waals surface area contributed by atoms with Crippen molar-refractivity contribution in [3.05, 3.63) is 70.2 Å². The van der Waals surface area contributed by atoms with Gasteiger partial charge in [-0.15, -0.1) is 0 Å². The van der Waals surface area contributed by atoms with E-state index in [1.165, 1.54) is 31.5 Å². The Bertz CT molecular complexity index is 739. The van der Waals surface area contributed by atoms with Gasteiger partial charge in [0.1, 0.15) is 0 Å². The number of aryl methyl sites for hydroxylation is 1. The zero-order chi connectivity index (χ0) is 17.4. The molecule has 3 aliphatic heterocycles. The van der Waals surface area contributed by atoms with Crippen LogP contribution in [0.3, 0.4) is 0 Å². The molecule has 2 aromatic rings. The van der Waals surface area contributed by atoms with Crippen molar-refractivity contribution in [1.82, 2.24) is 4.90 Å². The van der Waals surface area contributed by atoms with Crippen LogP contribution in [-0.4, -0.2) is 29.6 Å². The van der Waals surface area contributed by atoms with Gasteiger partial charge in [0, 0.05) is 23.9 Å². The van der Waals surface area contributed by atoms with E-state index in [4.69, 9.17) is 11.6 Å². The fourth-order valence-electron chi connectivity index (χ4n) is 4.95. The Morgan fingerprint density at radius 1 is 1.12 bits per heavy atom. The fourth-order valence-corrected chi connectivity index (χ4v) is 5.18. The van der Waals surface area contributed by atoms with Crippen LogP contribution in [0, 0.1) is 18.8 Å². The number of nitrogens with zero attached hydrogens (tertiary/aromatic N) is 1. The van der Waals surface area contributed by atoms with E-state index < -0.39 is 5.60 Å². The highest BCUT2D eigenvalue weighted by atomic mass is 35.5. The zero-order valence-corrected chi connectivity index (χ0v) is 15.5. The maximum atomic E-state index is 12.1. The molecule has 3 fully saturated rings. The molecule has 0 radical (unpaired) electrons. The summed E-state index contributed by atoms with van der Waals surface area (Å²) in [7, 11) is 0. The second kappa shape index (κ2) is 6.75. The van der Waals surface area contributed by atoms with Crippen molar-refractivity contribution in [2.45, 2.75) is 31.8 Å². The van der Waals surface area contributed by atoms with Gasteiger partial charge in [0.2, 0.25) is 0 Å². The number of hydrogen-bond acceptors (Lipinski definition) is 2. The van der Waals surface area contributed by atoms with Crippen LogP contribution in [0.2, 0.25) is 5.02 Å². The third-order valence-corrected chi connectivity index (χ3v) is 6.48. The van der Waals surface area contributed by atoms with E-state index in [-0.39, 0.29) is 5.92 Å². The Morgan fingerprint density at radius 3 is 2.44 bits per heavy atom. The van der Waals surface area contributed by atoms with E-state index in [1.54, 1.807) is 0 Å². The third kappa shape index (κ3) is 3.23. The largest absolute Gasteiger partial charge is 0.384 e. The lowest BCUT2D eigenvalue weighted by molar-refractivity contribution is -0.102. The normalized spacial score (nSPS) is 27.9. The van der Waals surface area contributed by atoms with Gasteiger partial charge in [0.15, 0.2) is 0 Å². The summed E-state index contributed by atoms with van der Waals surface area (Å²) in [4.78, 5) is 2.52. The minimum absolute atomic E-state index is 0.273. The molecule has 25 heavy (non-hydrogen) atoms. The molecule has 2 aromatic carbocycles. The van der Waals surface area contributed by atoms with Gasteiger partial charge >= 0.3 is 0 Å². The van der Waals surface area contributed by atoms with Crippen LogP contribution in [0.15, 0.2) is 48.5 Å². The molecule has 0 spiro atoms. The summed E-state index contributed by atoms with van der Waals surface area (Å²) in [6, 6.07) is 16.3. The predicted octanol–water partition coefficient (Wildman–Crippen LogP) is 4.42. The van der Waals surface area contributed by atoms with Crippen LogP contribution in [0.5, 0.6) is 0 Å². The molecule has 5 rings (SSSR count). The minimum Gasteiger partial charge on any atom is -0.384 e. The first kappa shape index (κ1) is 17.1. The van der Waals surface area contributed by atoms with Gasteiger partial charge in [-0.1, -0.05) is 48.0 Å². The SMILES string of the molecule is Cc1cc(Cl)ccc1C(O)(Cc1ccccc1)C1CN2CCC1CC2. The van der Waals surface area contributed by atoms with E-state index in [0.29, 0.717) is 12.3 Å². The number of piperidine rings is 3. The lowest BCUT2D eigenvalue weighted by Crippen LogP contribution is -2.56. The summed E-state index contributed by atoms with van der Waals surface area (Å²) in [5.74, 6) is 0.879. The Balaban J connectivity index is 1.77. The van der Waals surface area contributed by atoms with Crippen molar-refractivity contribution in [3.8, 4) is 0 Å². The second-order valence-electron chi connectivity index (χ2n) is 7.79. The molecule has 0 saturated carbocycles. The Kier molecular flexibility index (Phi) is 4.61. The number of fused-ring (bicyclic) bond motifs is 3. The van der Waals surface area contributed by atoms with Gasteiger partial charge in [0.25, 0.3) is 0 Å². The summed E-state index contributed by atoms with van der Waals surface area (Å²) >= 11 is 6.19. The lowest BCUT2D eigenvalue weighted by atomic mass is 9.65. The molecule has 0 aliphatic carbocycles. The fraction of sp³-hybridized carbons (Fsp3) is 0.455. The topological polar surface area (TPSA) is 23.5 Å². The number of hydrogen-bond donors (Lipinski definition) is 1. The van der Waals surface area contributed by atoms with Gasteiger partial charge < -0.3 is 10.0 Å². The molecule has 3 aliphatic rings. The maximum Gasteiger partial charge on any atom is 0.0982 e. The van der Waals surface area contributed by atoms with Gasteiger partial charge in [-0.2, -0.15) is 0 Å². The summed E-state index contributed by atoms with van der Waals surface area (Å²) in [5, 5.41) is 12.8. The van der Waals surface area contributed by atoms with Crippen LogP contribution in [0.25, 0.3) is 0 Å². The highest BCUT2D eigenvalue weighted by molar-refractivity contribution is 6.30. The summed E-state index contributed by atoms with van der Waals surface area (Å²) in [5.41, 5.74) is 2.47. The molecular formula is C22H26ClNO. The maximum absolute atomic E-state index is 12.1. The van der Waals surface area contributed by atoms with Crippen molar-refractivity contribution < 1.29 is 5.11 Å². The number of aliphatic hydroxyl groups is 1. The van der Waals surface area contributed by atoms with E-state index >= 15 is 0 Å². The van der Waals surface area contributed by atoms with Crippen molar-refractivity contribution >= 4 is 11.6 Å². The van der Waals surface area contributed by atoms with Crippen molar-refractivity contribution in [3.63, 3.8) is 0 Å². The second-order valence-corrected chi connectivity index (χ2v) is 8.23. The molecule has 3 saturated heterocycles. The average molecular weight is 356 g/mol. The van der Waals surface area contributed by atoms with Crippen molar-refractivity contribution in [2.24, 2.45) is 11.8 Å². The molecule has 0 amide bonds. The Morgan fingerprint density at radius 2 is 1.84 bits per heavy atom. The lowest BCUT2D eigenvalue weighted by Gasteiger charge is -2.51. The molecule has 132 valence electrons. The van der Waals surface area contributed by atoms with Crippen LogP contribution in [0.1, 0.15) is 29.5 Å². The predicted molar refractivity (Wildman–Crippen MR) is 103 cm³/mol. The molecule has 2 nitrogen and oxygen atoms in total. The summed E-state index contributed by atoms with van der Waals surface area (Å²) in [6.45, 7) is 5.43. The van der Waals surface area contributed by atoms with E-state index in [2.05, 4.69) is 36.1 Å². The van der Waals surface area contributed by atoms with Crippen LogP contribution in [0.4, 0.5) is 0 Å². The van der Waals surface area contributed by atoms with E-state index in [0.717, 1.165) is 22.7 Å². The van der Waals surface area contributed by atoms with Crippen molar-refractivity contribution in [1.29, 1.82) is 0 Å².